The molecule has 0 aromatic rings. The first-order valence-electron chi connectivity index (χ1n) is 4.11. The minimum atomic E-state index is 0.745. The van der Waals surface area contributed by atoms with Crippen molar-refractivity contribution in [1.29, 1.82) is 0 Å². The van der Waals surface area contributed by atoms with Crippen LogP contribution in [0.5, 0.6) is 0 Å². The second-order valence-electron chi connectivity index (χ2n) is 2.31. The SMILES string of the molecule is CC.CCC1CN=C(N)C1. The minimum Gasteiger partial charge on any atom is -0.387 e. The van der Waals surface area contributed by atoms with Crippen molar-refractivity contribution in [3.05, 3.63) is 0 Å². The van der Waals surface area contributed by atoms with Crippen LogP contribution in [-0.4, -0.2) is 12.4 Å². The van der Waals surface area contributed by atoms with Crippen LogP contribution in [0.15, 0.2) is 4.99 Å². The van der Waals surface area contributed by atoms with Crippen LogP contribution < -0.4 is 5.73 Å². The number of hydrogen-bond acceptors (Lipinski definition) is 2. The van der Waals surface area contributed by atoms with Crippen molar-refractivity contribution in [3.63, 3.8) is 0 Å². The second-order valence-corrected chi connectivity index (χ2v) is 2.31. The lowest BCUT2D eigenvalue weighted by Gasteiger charge is -1.99. The van der Waals surface area contributed by atoms with E-state index < -0.39 is 0 Å². The molecule has 1 atom stereocenters. The Morgan fingerprint density at radius 2 is 2.20 bits per heavy atom. The van der Waals surface area contributed by atoms with E-state index >= 15 is 0 Å². The maximum Gasteiger partial charge on any atom is 0.0940 e. The maximum atomic E-state index is 5.45. The molecule has 2 heteroatoms. The summed E-state index contributed by atoms with van der Waals surface area (Å²) in [5, 5.41) is 0. The van der Waals surface area contributed by atoms with Gasteiger partial charge < -0.3 is 5.73 Å². The highest BCUT2D eigenvalue weighted by Crippen LogP contribution is 2.13. The van der Waals surface area contributed by atoms with Crippen LogP contribution in [0.4, 0.5) is 0 Å². The van der Waals surface area contributed by atoms with E-state index in [0.29, 0.717) is 0 Å². The first-order valence-corrected chi connectivity index (χ1v) is 4.11. The zero-order valence-corrected chi connectivity index (χ0v) is 7.22. The normalized spacial score (nSPS) is 23.1. The van der Waals surface area contributed by atoms with Gasteiger partial charge >= 0.3 is 0 Å². The minimum absolute atomic E-state index is 0.745. The van der Waals surface area contributed by atoms with Crippen molar-refractivity contribution in [2.45, 2.75) is 33.6 Å². The van der Waals surface area contributed by atoms with Gasteiger partial charge in [0, 0.05) is 13.0 Å². The van der Waals surface area contributed by atoms with Gasteiger partial charge in [-0.15, -0.1) is 0 Å². The Morgan fingerprint density at radius 1 is 1.60 bits per heavy atom. The van der Waals surface area contributed by atoms with Crippen LogP contribution in [0, 0.1) is 5.92 Å². The Balaban J connectivity index is 0.000000371. The predicted molar refractivity (Wildman–Crippen MR) is 46.2 cm³/mol. The molecule has 0 spiro atoms. The van der Waals surface area contributed by atoms with Gasteiger partial charge in [-0.25, -0.2) is 0 Å². The standard InChI is InChI=1S/C6H12N2.C2H6/c1-2-5-3-6(7)8-4-5;1-2/h5H,2-4H2,1H3,(H2,7,8);1-2H3. The van der Waals surface area contributed by atoms with Gasteiger partial charge in [-0.1, -0.05) is 27.2 Å². The molecule has 2 N–H and O–H groups in total. The number of hydrogen-bond donors (Lipinski definition) is 1. The van der Waals surface area contributed by atoms with Crippen LogP contribution in [0.3, 0.4) is 0 Å². The van der Waals surface area contributed by atoms with Crippen LogP contribution in [-0.2, 0) is 0 Å². The predicted octanol–water partition coefficient (Wildman–Crippen LogP) is 1.80. The zero-order valence-electron chi connectivity index (χ0n) is 7.22. The summed E-state index contributed by atoms with van der Waals surface area (Å²) < 4.78 is 0. The molecule has 0 aromatic carbocycles. The summed E-state index contributed by atoms with van der Waals surface area (Å²) in [6.07, 6.45) is 2.24. The molecule has 1 heterocycles. The molecule has 2 nitrogen and oxygen atoms in total. The molecule has 0 saturated carbocycles. The Morgan fingerprint density at radius 3 is 2.40 bits per heavy atom. The van der Waals surface area contributed by atoms with E-state index in [-0.39, 0.29) is 0 Å². The van der Waals surface area contributed by atoms with E-state index in [1.165, 1.54) is 6.42 Å². The Labute approximate surface area is 63.5 Å². The molecule has 1 aliphatic heterocycles. The van der Waals surface area contributed by atoms with Gasteiger partial charge in [0.05, 0.1) is 5.84 Å². The molecule has 1 aliphatic rings. The molecule has 0 aromatic heterocycles. The van der Waals surface area contributed by atoms with E-state index in [1.54, 1.807) is 0 Å². The summed E-state index contributed by atoms with van der Waals surface area (Å²) >= 11 is 0. The van der Waals surface area contributed by atoms with Crippen molar-refractivity contribution in [1.82, 2.24) is 0 Å². The molecule has 0 saturated heterocycles. The fraction of sp³-hybridized carbons (Fsp3) is 0.875. The fourth-order valence-corrected chi connectivity index (χ4v) is 0.945. The number of aliphatic imine (C=N–C) groups is 1. The Kier molecular flexibility index (Phi) is 4.99. The van der Waals surface area contributed by atoms with E-state index in [4.69, 9.17) is 5.73 Å². The summed E-state index contributed by atoms with van der Waals surface area (Å²) in [7, 11) is 0. The quantitative estimate of drug-likeness (QED) is 0.595. The average molecular weight is 142 g/mol. The molecule has 0 radical (unpaired) electrons. The summed E-state index contributed by atoms with van der Waals surface area (Å²) in [4.78, 5) is 4.08. The molecule has 0 aliphatic carbocycles. The van der Waals surface area contributed by atoms with Crippen LogP contribution in [0.2, 0.25) is 0 Å². The molecular formula is C8H18N2. The van der Waals surface area contributed by atoms with Crippen LogP contribution >= 0.6 is 0 Å². The van der Waals surface area contributed by atoms with E-state index in [9.17, 15) is 0 Å². The summed E-state index contributed by atoms with van der Waals surface area (Å²) in [5.41, 5.74) is 5.45. The highest BCUT2D eigenvalue weighted by molar-refractivity contribution is 5.82. The highest BCUT2D eigenvalue weighted by Gasteiger charge is 2.12. The smallest absolute Gasteiger partial charge is 0.0940 e. The first kappa shape index (κ1) is 9.47. The van der Waals surface area contributed by atoms with Gasteiger partial charge in [0.15, 0.2) is 0 Å². The Bertz CT molecular complexity index is 108. The molecule has 0 amide bonds. The van der Waals surface area contributed by atoms with Crippen molar-refractivity contribution >= 4 is 5.84 Å². The van der Waals surface area contributed by atoms with Crippen molar-refractivity contribution in [2.24, 2.45) is 16.6 Å². The van der Waals surface area contributed by atoms with Gasteiger partial charge in [-0.3, -0.25) is 4.99 Å². The maximum absolute atomic E-state index is 5.45. The third-order valence-electron chi connectivity index (χ3n) is 1.63. The largest absolute Gasteiger partial charge is 0.387 e. The molecule has 1 rings (SSSR count). The molecule has 60 valence electrons. The molecular weight excluding hydrogens is 124 g/mol. The van der Waals surface area contributed by atoms with E-state index in [0.717, 1.165) is 24.7 Å². The third kappa shape index (κ3) is 2.85. The second kappa shape index (κ2) is 5.27. The first-order chi connectivity index (χ1) is 4.83. The molecule has 1 unspecified atom stereocenters. The number of amidine groups is 1. The topological polar surface area (TPSA) is 38.4 Å². The monoisotopic (exact) mass is 142 g/mol. The van der Waals surface area contributed by atoms with Gasteiger partial charge in [0.2, 0.25) is 0 Å². The van der Waals surface area contributed by atoms with Gasteiger partial charge in [-0.05, 0) is 5.92 Å². The average Bonchev–Trinajstić information content (AvgIpc) is 2.40. The zero-order chi connectivity index (χ0) is 7.98. The molecule has 0 bridgehead atoms. The number of nitrogens with two attached hydrogens (primary N) is 1. The lowest BCUT2D eigenvalue weighted by atomic mass is 10.1. The molecule has 0 fully saturated rings. The fourth-order valence-electron chi connectivity index (χ4n) is 0.945. The van der Waals surface area contributed by atoms with E-state index in [1.807, 2.05) is 13.8 Å². The van der Waals surface area contributed by atoms with Crippen molar-refractivity contribution in [2.75, 3.05) is 6.54 Å². The van der Waals surface area contributed by atoms with Crippen molar-refractivity contribution < 1.29 is 0 Å². The van der Waals surface area contributed by atoms with Gasteiger partial charge in [-0.2, -0.15) is 0 Å². The highest BCUT2D eigenvalue weighted by atomic mass is 14.9. The van der Waals surface area contributed by atoms with Gasteiger partial charge in [0.25, 0.3) is 0 Å². The van der Waals surface area contributed by atoms with E-state index in [2.05, 4.69) is 11.9 Å². The molecule has 10 heavy (non-hydrogen) atoms. The third-order valence-corrected chi connectivity index (χ3v) is 1.63. The van der Waals surface area contributed by atoms with Gasteiger partial charge in [0.1, 0.15) is 0 Å². The van der Waals surface area contributed by atoms with Crippen LogP contribution in [0.1, 0.15) is 33.6 Å². The van der Waals surface area contributed by atoms with Crippen LogP contribution in [0.25, 0.3) is 0 Å². The lowest BCUT2D eigenvalue weighted by Crippen LogP contribution is -2.09. The summed E-state index contributed by atoms with van der Waals surface area (Å²) in [6, 6.07) is 0. The van der Waals surface area contributed by atoms with Crippen molar-refractivity contribution in [3.8, 4) is 0 Å². The summed E-state index contributed by atoms with van der Waals surface area (Å²) in [5.74, 6) is 1.59. The number of nitrogens with zero attached hydrogens (tertiary/aromatic N) is 1. The number of rotatable bonds is 1. The lowest BCUT2D eigenvalue weighted by molar-refractivity contribution is 0.573. The summed E-state index contributed by atoms with van der Waals surface area (Å²) in [6.45, 7) is 7.14. The Hall–Kier alpha value is -0.530.